The molecular formula is C10H12BrN. The number of hydrogen-bond acceptors (Lipinski definition) is 1. The van der Waals surface area contributed by atoms with Crippen LogP contribution < -0.4 is 5.32 Å². The van der Waals surface area contributed by atoms with Crippen LogP contribution in [-0.4, -0.2) is 5.54 Å². The van der Waals surface area contributed by atoms with Crippen molar-refractivity contribution in [1.82, 2.24) is 0 Å². The Bertz CT molecular complexity index is 306. The molecule has 0 saturated heterocycles. The fourth-order valence-corrected chi connectivity index (χ4v) is 2.14. The summed E-state index contributed by atoms with van der Waals surface area (Å²) in [5.41, 5.74) is 2.75. The minimum atomic E-state index is 0.129. The zero-order valence-corrected chi connectivity index (χ0v) is 8.85. The molecule has 1 nitrogen and oxygen atoms in total. The number of hydrogen-bond donors (Lipinski definition) is 1. The quantitative estimate of drug-likeness (QED) is 0.669. The first kappa shape index (κ1) is 8.11. The first-order valence-electron chi connectivity index (χ1n) is 4.12. The van der Waals surface area contributed by atoms with Crippen molar-refractivity contribution in [2.24, 2.45) is 0 Å². The molecule has 0 radical (unpaired) electrons. The normalized spacial score (nSPS) is 24.8. The monoisotopic (exact) mass is 225 g/mol. The van der Waals surface area contributed by atoms with Crippen molar-refractivity contribution in [2.45, 2.75) is 24.2 Å². The van der Waals surface area contributed by atoms with Gasteiger partial charge in [0.25, 0.3) is 0 Å². The second-order valence-electron chi connectivity index (χ2n) is 3.80. The topological polar surface area (TPSA) is 12.0 Å². The molecule has 1 aromatic carbocycles. The largest absolute Gasteiger partial charge is 0.378 e. The average Bonchev–Trinajstić information content (AvgIpc) is 2.24. The number of fused-ring (bicyclic) bond motifs is 1. The Morgan fingerprint density at radius 1 is 1.33 bits per heavy atom. The molecule has 0 fully saturated rings. The fraction of sp³-hybridized carbons (Fsp3) is 0.400. The molecule has 0 aliphatic carbocycles. The van der Waals surface area contributed by atoms with Gasteiger partial charge in [-0.25, -0.2) is 0 Å². The molecule has 1 aromatic rings. The lowest BCUT2D eigenvalue weighted by Gasteiger charge is -2.23. The molecule has 2 heteroatoms. The first-order chi connectivity index (χ1) is 5.61. The molecule has 0 saturated carbocycles. The molecule has 0 aromatic heterocycles. The van der Waals surface area contributed by atoms with Crippen molar-refractivity contribution >= 4 is 21.6 Å². The van der Waals surface area contributed by atoms with Crippen LogP contribution in [0.15, 0.2) is 24.3 Å². The van der Waals surface area contributed by atoms with Crippen molar-refractivity contribution < 1.29 is 0 Å². The predicted molar refractivity (Wildman–Crippen MR) is 55.8 cm³/mol. The summed E-state index contributed by atoms with van der Waals surface area (Å²) in [4.78, 5) is 0.418. The summed E-state index contributed by atoms with van der Waals surface area (Å²) in [5.74, 6) is 0. The maximum absolute atomic E-state index is 3.70. The fourth-order valence-electron chi connectivity index (χ4n) is 1.63. The Morgan fingerprint density at radius 3 is 2.67 bits per heavy atom. The highest BCUT2D eigenvalue weighted by molar-refractivity contribution is 9.09. The lowest BCUT2D eigenvalue weighted by molar-refractivity contribution is 0.589. The maximum atomic E-state index is 3.70. The van der Waals surface area contributed by atoms with Crippen LogP contribution in [0.3, 0.4) is 0 Å². The molecule has 2 rings (SSSR count). The Morgan fingerprint density at radius 2 is 2.00 bits per heavy atom. The summed E-state index contributed by atoms with van der Waals surface area (Å²) in [5, 5.41) is 3.48. The van der Waals surface area contributed by atoms with Gasteiger partial charge < -0.3 is 5.32 Å². The summed E-state index contributed by atoms with van der Waals surface area (Å²) >= 11 is 3.70. The predicted octanol–water partition coefficient (Wildman–Crippen LogP) is 3.33. The van der Waals surface area contributed by atoms with Crippen LogP contribution in [0.2, 0.25) is 0 Å². The molecule has 0 amide bonds. The number of alkyl halides is 1. The minimum Gasteiger partial charge on any atom is -0.378 e. The van der Waals surface area contributed by atoms with Crippen molar-refractivity contribution in [3.05, 3.63) is 29.8 Å². The van der Waals surface area contributed by atoms with E-state index in [4.69, 9.17) is 0 Å². The molecule has 1 unspecified atom stereocenters. The Hall–Kier alpha value is -0.500. The van der Waals surface area contributed by atoms with E-state index in [2.05, 4.69) is 59.4 Å². The van der Waals surface area contributed by atoms with E-state index < -0.39 is 0 Å². The van der Waals surface area contributed by atoms with Gasteiger partial charge in [0.2, 0.25) is 0 Å². The summed E-state index contributed by atoms with van der Waals surface area (Å²) < 4.78 is 0. The van der Waals surface area contributed by atoms with Gasteiger partial charge in [0, 0.05) is 11.2 Å². The lowest BCUT2D eigenvalue weighted by Crippen LogP contribution is -2.28. The molecule has 64 valence electrons. The second kappa shape index (κ2) is 2.49. The van der Waals surface area contributed by atoms with Crippen LogP contribution in [0, 0.1) is 0 Å². The van der Waals surface area contributed by atoms with Crippen LogP contribution >= 0.6 is 15.9 Å². The van der Waals surface area contributed by atoms with E-state index in [-0.39, 0.29) is 5.54 Å². The van der Waals surface area contributed by atoms with Crippen molar-refractivity contribution in [3.63, 3.8) is 0 Å². The van der Waals surface area contributed by atoms with E-state index in [0.717, 1.165) is 0 Å². The van der Waals surface area contributed by atoms with E-state index in [1.165, 1.54) is 11.3 Å². The number of benzene rings is 1. The van der Waals surface area contributed by atoms with Crippen LogP contribution in [0.5, 0.6) is 0 Å². The summed E-state index contributed by atoms with van der Waals surface area (Å²) in [6, 6.07) is 8.43. The number of nitrogens with one attached hydrogen (secondary N) is 1. The van der Waals surface area contributed by atoms with Gasteiger partial charge in [-0.3, -0.25) is 0 Å². The van der Waals surface area contributed by atoms with Gasteiger partial charge in [-0.15, -0.1) is 0 Å². The number of anilines is 1. The van der Waals surface area contributed by atoms with E-state index in [9.17, 15) is 0 Å². The molecule has 0 bridgehead atoms. The second-order valence-corrected chi connectivity index (χ2v) is 4.71. The molecule has 1 aliphatic rings. The van der Waals surface area contributed by atoms with Crippen LogP contribution in [0.4, 0.5) is 5.69 Å². The van der Waals surface area contributed by atoms with Crippen LogP contribution in [0.1, 0.15) is 24.2 Å². The molecule has 12 heavy (non-hydrogen) atoms. The van der Waals surface area contributed by atoms with Gasteiger partial charge in [0.1, 0.15) is 0 Å². The molecule has 1 aliphatic heterocycles. The zero-order chi connectivity index (χ0) is 8.77. The third-order valence-corrected chi connectivity index (χ3v) is 3.96. The molecule has 1 N–H and O–H groups in total. The Labute approximate surface area is 81.3 Å². The first-order valence-corrected chi connectivity index (χ1v) is 5.04. The van der Waals surface area contributed by atoms with Crippen molar-refractivity contribution in [1.29, 1.82) is 0 Å². The molecule has 1 atom stereocenters. The van der Waals surface area contributed by atoms with E-state index in [0.29, 0.717) is 4.83 Å². The molecule has 0 spiro atoms. The Balaban J connectivity index is 2.49. The highest BCUT2D eigenvalue weighted by Gasteiger charge is 2.36. The van der Waals surface area contributed by atoms with Gasteiger partial charge in [-0.1, -0.05) is 34.1 Å². The smallest absolute Gasteiger partial charge is 0.0639 e. The molecule has 1 heterocycles. The lowest BCUT2D eigenvalue weighted by atomic mass is 10.0. The van der Waals surface area contributed by atoms with Crippen LogP contribution in [0.25, 0.3) is 0 Å². The third kappa shape index (κ3) is 1.06. The van der Waals surface area contributed by atoms with Crippen molar-refractivity contribution in [2.75, 3.05) is 5.32 Å². The SMILES string of the molecule is CC1(C)Nc2ccccc2C1Br. The van der Waals surface area contributed by atoms with Gasteiger partial charge in [-0.2, -0.15) is 0 Å². The maximum Gasteiger partial charge on any atom is 0.0639 e. The summed E-state index contributed by atoms with van der Waals surface area (Å²) in [6.45, 7) is 4.40. The number of para-hydroxylation sites is 1. The average molecular weight is 226 g/mol. The van der Waals surface area contributed by atoms with Crippen molar-refractivity contribution in [3.8, 4) is 0 Å². The van der Waals surface area contributed by atoms with Gasteiger partial charge >= 0.3 is 0 Å². The van der Waals surface area contributed by atoms with E-state index in [1.807, 2.05) is 0 Å². The highest BCUT2D eigenvalue weighted by atomic mass is 79.9. The van der Waals surface area contributed by atoms with Gasteiger partial charge in [-0.05, 0) is 25.5 Å². The Kier molecular flexibility index (Phi) is 1.69. The third-order valence-electron chi connectivity index (χ3n) is 2.32. The summed E-state index contributed by atoms with van der Waals surface area (Å²) in [7, 11) is 0. The van der Waals surface area contributed by atoms with Gasteiger partial charge in [0.05, 0.1) is 4.83 Å². The van der Waals surface area contributed by atoms with Crippen LogP contribution in [-0.2, 0) is 0 Å². The number of halogens is 1. The summed E-state index contributed by atoms with van der Waals surface area (Å²) in [6.07, 6.45) is 0. The van der Waals surface area contributed by atoms with Gasteiger partial charge in [0.15, 0.2) is 0 Å². The number of rotatable bonds is 0. The zero-order valence-electron chi connectivity index (χ0n) is 7.26. The minimum absolute atomic E-state index is 0.129. The van der Waals surface area contributed by atoms with E-state index >= 15 is 0 Å². The standard InChI is InChI=1S/C10H12BrN/c1-10(2)9(11)7-5-3-4-6-8(7)12-10/h3-6,9,12H,1-2H3. The molecular weight excluding hydrogens is 214 g/mol. The van der Waals surface area contributed by atoms with E-state index in [1.54, 1.807) is 0 Å². The highest BCUT2D eigenvalue weighted by Crippen LogP contribution is 2.45.